The maximum absolute atomic E-state index is 3.64. The molecule has 0 atom stereocenters. The normalized spacial score (nSPS) is 11.3. The maximum atomic E-state index is 3.64. The quantitative estimate of drug-likeness (QED) is 0.277. The standard InChI is InChI=1S/C34H24N2/c1-3-9-24(10-4-1)27-16-19-33-31(22-27)32-23-29(18-20-34(32)36(33)30-13-5-2-6-14-30)35-28-17-15-25-11-7-8-12-26(25)21-28/h1-23,35H. The lowest BCUT2D eigenvalue weighted by Gasteiger charge is -2.10. The van der Waals surface area contributed by atoms with Crippen LogP contribution in [-0.4, -0.2) is 4.57 Å². The summed E-state index contributed by atoms with van der Waals surface area (Å²) in [6.07, 6.45) is 0. The van der Waals surface area contributed by atoms with Crippen LogP contribution >= 0.6 is 0 Å². The van der Waals surface area contributed by atoms with Gasteiger partial charge in [0.15, 0.2) is 0 Å². The summed E-state index contributed by atoms with van der Waals surface area (Å²) in [7, 11) is 0. The Morgan fingerprint density at radius 3 is 1.83 bits per heavy atom. The number of fused-ring (bicyclic) bond motifs is 4. The van der Waals surface area contributed by atoms with E-state index in [1.54, 1.807) is 0 Å². The second-order valence-electron chi connectivity index (χ2n) is 9.19. The van der Waals surface area contributed by atoms with E-state index in [2.05, 4.69) is 149 Å². The van der Waals surface area contributed by atoms with Crippen molar-refractivity contribution in [1.82, 2.24) is 4.57 Å². The van der Waals surface area contributed by atoms with Gasteiger partial charge in [0.25, 0.3) is 0 Å². The van der Waals surface area contributed by atoms with Gasteiger partial charge in [-0.25, -0.2) is 0 Å². The molecule has 0 amide bonds. The molecule has 7 rings (SSSR count). The highest BCUT2D eigenvalue weighted by Gasteiger charge is 2.14. The Morgan fingerprint density at radius 1 is 0.417 bits per heavy atom. The third-order valence-corrected chi connectivity index (χ3v) is 6.92. The number of nitrogens with zero attached hydrogens (tertiary/aromatic N) is 1. The highest BCUT2D eigenvalue weighted by atomic mass is 15.0. The summed E-state index contributed by atoms with van der Waals surface area (Å²) >= 11 is 0. The Kier molecular flexibility index (Phi) is 4.82. The predicted molar refractivity (Wildman–Crippen MR) is 153 cm³/mol. The minimum absolute atomic E-state index is 1.08. The summed E-state index contributed by atoms with van der Waals surface area (Å²) in [6.45, 7) is 0. The van der Waals surface area contributed by atoms with Crippen molar-refractivity contribution in [1.29, 1.82) is 0 Å². The molecule has 36 heavy (non-hydrogen) atoms. The molecule has 0 aliphatic heterocycles. The second-order valence-corrected chi connectivity index (χ2v) is 9.19. The van der Waals surface area contributed by atoms with Gasteiger partial charge < -0.3 is 9.88 Å². The van der Waals surface area contributed by atoms with Crippen LogP contribution in [0.1, 0.15) is 0 Å². The maximum Gasteiger partial charge on any atom is 0.0542 e. The number of hydrogen-bond acceptors (Lipinski definition) is 1. The first-order valence-corrected chi connectivity index (χ1v) is 12.3. The van der Waals surface area contributed by atoms with E-state index in [0.29, 0.717) is 0 Å². The van der Waals surface area contributed by atoms with Crippen LogP contribution < -0.4 is 5.32 Å². The zero-order valence-electron chi connectivity index (χ0n) is 19.7. The number of anilines is 2. The van der Waals surface area contributed by atoms with Gasteiger partial charge in [0.05, 0.1) is 11.0 Å². The number of para-hydroxylation sites is 1. The number of rotatable bonds is 4. The molecule has 0 fully saturated rings. The van der Waals surface area contributed by atoms with Gasteiger partial charge in [0, 0.05) is 27.8 Å². The molecule has 1 N–H and O–H groups in total. The molecule has 170 valence electrons. The van der Waals surface area contributed by atoms with E-state index in [9.17, 15) is 0 Å². The van der Waals surface area contributed by atoms with Gasteiger partial charge in [-0.3, -0.25) is 0 Å². The first-order chi connectivity index (χ1) is 17.8. The Balaban J connectivity index is 1.41. The van der Waals surface area contributed by atoms with Crippen LogP contribution in [0.25, 0.3) is 49.4 Å². The molecule has 0 saturated heterocycles. The monoisotopic (exact) mass is 460 g/mol. The van der Waals surface area contributed by atoms with E-state index >= 15 is 0 Å². The lowest BCUT2D eigenvalue weighted by Crippen LogP contribution is -1.94. The molecule has 0 unspecified atom stereocenters. The molecule has 1 aromatic heterocycles. The summed E-state index contributed by atoms with van der Waals surface area (Å²) < 4.78 is 2.36. The zero-order valence-corrected chi connectivity index (χ0v) is 19.7. The van der Waals surface area contributed by atoms with Crippen LogP contribution in [0, 0.1) is 0 Å². The lowest BCUT2D eigenvalue weighted by molar-refractivity contribution is 1.18. The van der Waals surface area contributed by atoms with Gasteiger partial charge in [0.1, 0.15) is 0 Å². The molecule has 1 heterocycles. The highest BCUT2D eigenvalue weighted by Crippen LogP contribution is 2.36. The fourth-order valence-corrected chi connectivity index (χ4v) is 5.20. The lowest BCUT2D eigenvalue weighted by atomic mass is 10.0. The Morgan fingerprint density at radius 2 is 1.03 bits per heavy atom. The summed E-state index contributed by atoms with van der Waals surface area (Å²) in [5.41, 5.74) is 8.19. The van der Waals surface area contributed by atoms with E-state index < -0.39 is 0 Å². The smallest absolute Gasteiger partial charge is 0.0542 e. The van der Waals surface area contributed by atoms with Gasteiger partial charge in [-0.2, -0.15) is 0 Å². The number of aromatic nitrogens is 1. The van der Waals surface area contributed by atoms with Crippen molar-refractivity contribution in [3.05, 3.63) is 140 Å². The van der Waals surface area contributed by atoms with Crippen molar-refractivity contribution in [2.75, 3.05) is 5.32 Å². The SMILES string of the molecule is c1ccc(-c2ccc3c(c2)c2cc(Nc4ccc5ccccc5c4)ccc2n3-c2ccccc2)cc1. The Labute approximate surface area is 210 Å². The molecule has 0 aliphatic rings. The number of hydrogen-bond donors (Lipinski definition) is 1. The molecule has 7 aromatic rings. The Bertz CT molecular complexity index is 1850. The minimum Gasteiger partial charge on any atom is -0.355 e. The molecule has 0 saturated carbocycles. The third kappa shape index (κ3) is 3.52. The fourth-order valence-electron chi connectivity index (χ4n) is 5.20. The van der Waals surface area contributed by atoms with Gasteiger partial charge in [0.2, 0.25) is 0 Å². The average Bonchev–Trinajstić information content (AvgIpc) is 3.27. The first kappa shape index (κ1) is 20.5. The van der Waals surface area contributed by atoms with Crippen LogP contribution in [0.15, 0.2) is 140 Å². The largest absolute Gasteiger partial charge is 0.355 e. The van der Waals surface area contributed by atoms with Crippen molar-refractivity contribution in [2.24, 2.45) is 0 Å². The molecule has 0 aliphatic carbocycles. The summed E-state index contributed by atoms with van der Waals surface area (Å²) in [5.74, 6) is 0. The van der Waals surface area contributed by atoms with E-state index in [0.717, 1.165) is 11.4 Å². The van der Waals surface area contributed by atoms with Crippen molar-refractivity contribution in [3.63, 3.8) is 0 Å². The van der Waals surface area contributed by atoms with Gasteiger partial charge in [-0.05, 0) is 76.5 Å². The highest BCUT2D eigenvalue weighted by molar-refractivity contribution is 6.11. The summed E-state index contributed by atoms with van der Waals surface area (Å²) in [4.78, 5) is 0. The van der Waals surface area contributed by atoms with Crippen LogP contribution in [0.2, 0.25) is 0 Å². The molecular weight excluding hydrogens is 436 g/mol. The van der Waals surface area contributed by atoms with Crippen molar-refractivity contribution >= 4 is 44.0 Å². The first-order valence-electron chi connectivity index (χ1n) is 12.3. The van der Waals surface area contributed by atoms with E-state index in [-0.39, 0.29) is 0 Å². The van der Waals surface area contributed by atoms with Crippen molar-refractivity contribution in [3.8, 4) is 16.8 Å². The predicted octanol–water partition coefficient (Wildman–Crippen LogP) is 9.35. The second kappa shape index (κ2) is 8.44. The van der Waals surface area contributed by atoms with Crippen LogP contribution in [0.4, 0.5) is 11.4 Å². The summed E-state index contributed by atoms with van der Waals surface area (Å²) in [6, 6.07) is 49.7. The van der Waals surface area contributed by atoms with Crippen molar-refractivity contribution in [2.45, 2.75) is 0 Å². The van der Waals surface area contributed by atoms with Gasteiger partial charge in [-0.15, -0.1) is 0 Å². The van der Waals surface area contributed by atoms with E-state index in [1.807, 2.05) is 0 Å². The summed E-state index contributed by atoms with van der Waals surface area (Å²) in [5, 5.41) is 8.60. The minimum atomic E-state index is 1.08. The van der Waals surface area contributed by atoms with Crippen LogP contribution in [-0.2, 0) is 0 Å². The third-order valence-electron chi connectivity index (χ3n) is 6.92. The van der Waals surface area contributed by atoms with Gasteiger partial charge in [-0.1, -0.05) is 84.9 Å². The molecule has 2 heteroatoms. The van der Waals surface area contributed by atoms with Crippen molar-refractivity contribution < 1.29 is 0 Å². The van der Waals surface area contributed by atoms with E-state index in [1.165, 1.54) is 49.4 Å². The van der Waals surface area contributed by atoms with Gasteiger partial charge >= 0.3 is 0 Å². The molecular formula is C34H24N2. The van der Waals surface area contributed by atoms with Crippen LogP contribution in [0.5, 0.6) is 0 Å². The topological polar surface area (TPSA) is 17.0 Å². The number of benzene rings is 6. The molecule has 6 aromatic carbocycles. The fraction of sp³-hybridized carbons (Fsp3) is 0. The number of nitrogens with one attached hydrogen (secondary N) is 1. The Hall–Kier alpha value is -4.82. The van der Waals surface area contributed by atoms with Crippen LogP contribution in [0.3, 0.4) is 0 Å². The molecule has 0 bridgehead atoms. The molecule has 0 spiro atoms. The van der Waals surface area contributed by atoms with E-state index in [4.69, 9.17) is 0 Å². The average molecular weight is 461 g/mol. The molecule has 2 nitrogen and oxygen atoms in total. The molecule has 0 radical (unpaired) electrons. The zero-order chi connectivity index (χ0) is 23.9.